The number of para-hydroxylation sites is 2. The van der Waals surface area contributed by atoms with Crippen LogP contribution >= 0.6 is 0 Å². The molecular formula is C16H16N2O3. The van der Waals surface area contributed by atoms with Crippen LogP contribution in [0.4, 0.5) is 11.4 Å². The minimum atomic E-state index is -0.0605. The van der Waals surface area contributed by atoms with Gasteiger partial charge < -0.3 is 20.1 Å². The van der Waals surface area contributed by atoms with Gasteiger partial charge in [-0.2, -0.15) is 0 Å². The van der Waals surface area contributed by atoms with Crippen LogP contribution in [0.5, 0.6) is 11.5 Å². The molecule has 0 bridgehead atoms. The fraction of sp³-hybridized carbons (Fsp3) is 0.188. The van der Waals surface area contributed by atoms with Crippen molar-refractivity contribution < 1.29 is 14.3 Å². The number of fused-ring (bicyclic) bond motifs is 1. The molecule has 108 valence electrons. The molecule has 0 saturated carbocycles. The van der Waals surface area contributed by atoms with Crippen LogP contribution in [-0.4, -0.2) is 25.7 Å². The van der Waals surface area contributed by atoms with Crippen LogP contribution in [0, 0.1) is 0 Å². The monoisotopic (exact) mass is 284 g/mol. The molecule has 5 nitrogen and oxygen atoms in total. The molecule has 0 spiro atoms. The van der Waals surface area contributed by atoms with E-state index in [1.165, 1.54) is 0 Å². The summed E-state index contributed by atoms with van der Waals surface area (Å²) in [6.07, 6.45) is 0. The molecule has 2 aromatic rings. The van der Waals surface area contributed by atoms with Crippen LogP contribution in [0.3, 0.4) is 0 Å². The normalized spacial score (nSPS) is 13.5. The SMILES string of the molecule is Nc1ccc(OCCN2C(=O)COc3ccccc32)cc1. The number of rotatable bonds is 4. The zero-order valence-electron chi connectivity index (χ0n) is 11.5. The molecule has 0 aliphatic carbocycles. The Labute approximate surface area is 122 Å². The Morgan fingerprint density at radius 1 is 1.14 bits per heavy atom. The third kappa shape index (κ3) is 2.91. The van der Waals surface area contributed by atoms with Gasteiger partial charge in [-0.05, 0) is 36.4 Å². The summed E-state index contributed by atoms with van der Waals surface area (Å²) in [5, 5.41) is 0. The second-order valence-electron chi connectivity index (χ2n) is 4.72. The molecule has 5 heteroatoms. The molecule has 0 saturated heterocycles. The van der Waals surface area contributed by atoms with E-state index in [9.17, 15) is 4.79 Å². The molecule has 3 rings (SSSR count). The Balaban J connectivity index is 1.65. The number of benzene rings is 2. The zero-order chi connectivity index (χ0) is 14.7. The third-order valence-corrected chi connectivity index (χ3v) is 3.27. The fourth-order valence-corrected chi connectivity index (χ4v) is 2.22. The van der Waals surface area contributed by atoms with Crippen LogP contribution in [0.25, 0.3) is 0 Å². The van der Waals surface area contributed by atoms with Gasteiger partial charge in [0, 0.05) is 5.69 Å². The van der Waals surface area contributed by atoms with Crippen LogP contribution < -0.4 is 20.1 Å². The van der Waals surface area contributed by atoms with Gasteiger partial charge in [0.1, 0.15) is 18.1 Å². The number of hydrogen-bond donors (Lipinski definition) is 1. The summed E-state index contributed by atoms with van der Waals surface area (Å²) in [4.78, 5) is 13.7. The highest BCUT2D eigenvalue weighted by Crippen LogP contribution is 2.31. The average Bonchev–Trinajstić information content (AvgIpc) is 2.51. The van der Waals surface area contributed by atoms with Crippen molar-refractivity contribution in [1.29, 1.82) is 0 Å². The van der Waals surface area contributed by atoms with Gasteiger partial charge in [-0.15, -0.1) is 0 Å². The first-order valence-corrected chi connectivity index (χ1v) is 6.74. The number of nitrogens with two attached hydrogens (primary N) is 1. The predicted octanol–water partition coefficient (Wildman–Crippen LogP) is 2.07. The first-order valence-electron chi connectivity index (χ1n) is 6.74. The molecule has 1 aliphatic rings. The Bertz CT molecular complexity index is 640. The van der Waals surface area contributed by atoms with Gasteiger partial charge in [0.15, 0.2) is 6.61 Å². The van der Waals surface area contributed by atoms with Crippen molar-refractivity contribution in [2.24, 2.45) is 0 Å². The summed E-state index contributed by atoms with van der Waals surface area (Å²) in [6, 6.07) is 14.7. The van der Waals surface area contributed by atoms with Crippen molar-refractivity contribution in [2.75, 3.05) is 30.4 Å². The van der Waals surface area contributed by atoms with Crippen LogP contribution in [-0.2, 0) is 4.79 Å². The second-order valence-corrected chi connectivity index (χ2v) is 4.72. The number of amides is 1. The highest BCUT2D eigenvalue weighted by molar-refractivity contribution is 5.97. The number of carbonyl (C=O) groups is 1. The lowest BCUT2D eigenvalue weighted by Crippen LogP contribution is -2.41. The maximum atomic E-state index is 12.0. The molecule has 0 unspecified atom stereocenters. The van der Waals surface area contributed by atoms with E-state index in [1.807, 2.05) is 36.4 Å². The van der Waals surface area contributed by atoms with Crippen molar-refractivity contribution in [3.8, 4) is 11.5 Å². The topological polar surface area (TPSA) is 64.8 Å². The van der Waals surface area contributed by atoms with E-state index in [0.717, 1.165) is 17.2 Å². The quantitative estimate of drug-likeness (QED) is 0.873. The lowest BCUT2D eigenvalue weighted by molar-refractivity contribution is -0.121. The molecule has 0 atom stereocenters. The minimum Gasteiger partial charge on any atom is -0.492 e. The smallest absolute Gasteiger partial charge is 0.265 e. The third-order valence-electron chi connectivity index (χ3n) is 3.27. The summed E-state index contributed by atoms with van der Waals surface area (Å²) < 4.78 is 11.0. The van der Waals surface area contributed by atoms with Crippen molar-refractivity contribution >= 4 is 17.3 Å². The van der Waals surface area contributed by atoms with Crippen LogP contribution in [0.15, 0.2) is 48.5 Å². The Morgan fingerprint density at radius 3 is 2.71 bits per heavy atom. The van der Waals surface area contributed by atoms with Crippen molar-refractivity contribution in [2.45, 2.75) is 0 Å². The van der Waals surface area contributed by atoms with Gasteiger partial charge in [0.05, 0.1) is 12.2 Å². The van der Waals surface area contributed by atoms with E-state index in [1.54, 1.807) is 17.0 Å². The average molecular weight is 284 g/mol. The molecule has 0 radical (unpaired) electrons. The highest BCUT2D eigenvalue weighted by Gasteiger charge is 2.24. The van der Waals surface area contributed by atoms with Gasteiger partial charge >= 0.3 is 0 Å². The number of hydrogen-bond acceptors (Lipinski definition) is 4. The number of nitrogen functional groups attached to an aromatic ring is 1. The van der Waals surface area contributed by atoms with Gasteiger partial charge in [-0.25, -0.2) is 0 Å². The summed E-state index contributed by atoms with van der Waals surface area (Å²) in [5.74, 6) is 1.40. The van der Waals surface area contributed by atoms with E-state index in [-0.39, 0.29) is 12.5 Å². The largest absolute Gasteiger partial charge is 0.492 e. The zero-order valence-corrected chi connectivity index (χ0v) is 11.5. The summed E-state index contributed by atoms with van der Waals surface area (Å²) >= 11 is 0. The Morgan fingerprint density at radius 2 is 1.90 bits per heavy atom. The van der Waals surface area contributed by atoms with Gasteiger partial charge in [-0.3, -0.25) is 4.79 Å². The maximum absolute atomic E-state index is 12.0. The van der Waals surface area contributed by atoms with Crippen LogP contribution in [0.1, 0.15) is 0 Å². The highest BCUT2D eigenvalue weighted by atomic mass is 16.5. The molecule has 2 N–H and O–H groups in total. The lowest BCUT2D eigenvalue weighted by Gasteiger charge is -2.29. The molecule has 1 aliphatic heterocycles. The standard InChI is InChI=1S/C16H16N2O3/c17-12-5-7-13(8-6-12)20-10-9-18-14-3-1-2-4-15(14)21-11-16(18)19/h1-8H,9-11,17H2. The van der Waals surface area contributed by atoms with E-state index < -0.39 is 0 Å². The number of nitrogens with zero attached hydrogens (tertiary/aromatic N) is 1. The first kappa shape index (κ1) is 13.3. The van der Waals surface area contributed by atoms with Crippen molar-refractivity contribution in [1.82, 2.24) is 0 Å². The molecule has 1 amide bonds. The van der Waals surface area contributed by atoms with E-state index in [0.29, 0.717) is 18.8 Å². The van der Waals surface area contributed by atoms with E-state index in [4.69, 9.17) is 15.2 Å². The lowest BCUT2D eigenvalue weighted by atomic mass is 10.2. The van der Waals surface area contributed by atoms with Gasteiger partial charge in [-0.1, -0.05) is 12.1 Å². The van der Waals surface area contributed by atoms with E-state index in [2.05, 4.69) is 0 Å². The summed E-state index contributed by atoms with van der Waals surface area (Å²) in [6.45, 7) is 0.951. The number of anilines is 2. The molecule has 1 heterocycles. The Hall–Kier alpha value is -2.69. The van der Waals surface area contributed by atoms with Crippen molar-refractivity contribution in [3.05, 3.63) is 48.5 Å². The molecule has 21 heavy (non-hydrogen) atoms. The van der Waals surface area contributed by atoms with Gasteiger partial charge in [0.25, 0.3) is 5.91 Å². The van der Waals surface area contributed by atoms with E-state index >= 15 is 0 Å². The maximum Gasteiger partial charge on any atom is 0.265 e. The number of ether oxygens (including phenoxy) is 2. The fourth-order valence-electron chi connectivity index (χ4n) is 2.22. The van der Waals surface area contributed by atoms with Gasteiger partial charge in [0.2, 0.25) is 0 Å². The molecule has 0 fully saturated rings. The summed E-state index contributed by atoms with van der Waals surface area (Å²) in [7, 11) is 0. The molecular weight excluding hydrogens is 268 g/mol. The molecule has 2 aromatic carbocycles. The first-order chi connectivity index (χ1) is 10.2. The van der Waals surface area contributed by atoms with Crippen LogP contribution in [0.2, 0.25) is 0 Å². The summed E-state index contributed by atoms with van der Waals surface area (Å²) in [5.41, 5.74) is 7.10. The Kier molecular flexibility index (Phi) is 3.64. The predicted molar refractivity (Wildman–Crippen MR) is 80.6 cm³/mol. The minimum absolute atomic E-state index is 0.0605. The van der Waals surface area contributed by atoms with Crippen molar-refractivity contribution in [3.63, 3.8) is 0 Å². The second kappa shape index (κ2) is 5.75. The molecule has 0 aromatic heterocycles. The number of carbonyl (C=O) groups excluding carboxylic acids is 1.